The molecule has 8 heteroatoms. The maximum absolute atomic E-state index is 0. The summed E-state index contributed by atoms with van der Waals surface area (Å²) in [4.78, 5) is 0. The predicted molar refractivity (Wildman–Crippen MR) is 19.0 cm³/mol. The Bertz CT molecular complexity index is 8.49. The van der Waals surface area contributed by atoms with Crippen LogP contribution in [0.1, 0.15) is 0 Å². The van der Waals surface area contributed by atoms with Crippen LogP contribution in [0, 0.1) is 0 Å². The van der Waals surface area contributed by atoms with E-state index in [1.54, 1.807) is 0 Å². The SMILES string of the molecule is O.[Al+3].[OH-].[OH-].[OH-].[OH-].[OH-].[Zn+2]. The molecule has 0 aliphatic rings. The van der Waals surface area contributed by atoms with Gasteiger partial charge in [-0.1, -0.05) is 0 Å². The van der Waals surface area contributed by atoms with Gasteiger partial charge in [0.15, 0.2) is 0 Å². The molecule has 6 nitrogen and oxygen atoms in total. The molecule has 0 heterocycles. The van der Waals surface area contributed by atoms with E-state index in [-0.39, 0.29) is 69.7 Å². The average molecular weight is 195 g/mol. The van der Waals surface area contributed by atoms with E-state index in [0.29, 0.717) is 0 Å². The molecule has 0 rings (SSSR count). The fraction of sp³-hybridized carbons (Fsp3) is 0. The van der Waals surface area contributed by atoms with Crippen molar-refractivity contribution in [2.24, 2.45) is 0 Å². The Balaban J connectivity index is 0. The van der Waals surface area contributed by atoms with Gasteiger partial charge in [0.2, 0.25) is 0 Å². The molecule has 0 aliphatic heterocycles. The van der Waals surface area contributed by atoms with Crippen LogP contribution in [-0.2, 0) is 19.5 Å². The summed E-state index contributed by atoms with van der Waals surface area (Å²) in [6.07, 6.45) is 0. The molecule has 0 bridgehead atoms. The number of hydrogen-bond acceptors (Lipinski definition) is 5. The van der Waals surface area contributed by atoms with E-state index >= 15 is 0 Å². The minimum Gasteiger partial charge on any atom is -0.870 e. The van der Waals surface area contributed by atoms with Crippen molar-refractivity contribution in [2.45, 2.75) is 0 Å². The van der Waals surface area contributed by atoms with E-state index in [1.807, 2.05) is 0 Å². The maximum atomic E-state index is 0. The van der Waals surface area contributed by atoms with Crippen molar-refractivity contribution in [3.05, 3.63) is 0 Å². The molecule has 0 atom stereocenters. The van der Waals surface area contributed by atoms with Gasteiger partial charge in [-0.3, -0.25) is 0 Å². The summed E-state index contributed by atoms with van der Waals surface area (Å²) in [6, 6.07) is 0. The van der Waals surface area contributed by atoms with Crippen molar-refractivity contribution in [3.8, 4) is 0 Å². The van der Waals surface area contributed by atoms with Crippen LogP contribution in [0.15, 0.2) is 0 Å². The molecular weight excluding hydrogens is 188 g/mol. The Kier molecular flexibility index (Phi) is 37600. The zero-order chi connectivity index (χ0) is 0. The maximum Gasteiger partial charge on any atom is 3.00 e. The Hall–Kier alpha value is 0.916. The van der Waals surface area contributed by atoms with Crippen molar-refractivity contribution in [1.29, 1.82) is 0 Å². The molecule has 0 aromatic carbocycles. The second-order valence-electron chi connectivity index (χ2n) is 0. The van der Waals surface area contributed by atoms with Crippen molar-refractivity contribution < 1.29 is 52.3 Å². The van der Waals surface area contributed by atoms with Crippen molar-refractivity contribution in [3.63, 3.8) is 0 Å². The van der Waals surface area contributed by atoms with E-state index in [4.69, 9.17) is 0 Å². The second kappa shape index (κ2) is 451. The van der Waals surface area contributed by atoms with Gasteiger partial charge >= 0.3 is 36.8 Å². The van der Waals surface area contributed by atoms with E-state index < -0.39 is 0 Å². The molecule has 0 aliphatic carbocycles. The van der Waals surface area contributed by atoms with Gasteiger partial charge in [0.25, 0.3) is 0 Å². The molecule has 0 saturated carbocycles. The van der Waals surface area contributed by atoms with Crippen molar-refractivity contribution >= 4 is 17.4 Å². The minimum atomic E-state index is 0. The first kappa shape index (κ1) is 666. The average Bonchev–Trinajstić information content (AvgIpc) is 0. The zero-order valence-electron chi connectivity index (χ0n) is 4.02. The van der Waals surface area contributed by atoms with Crippen LogP contribution in [0.25, 0.3) is 0 Å². The Morgan fingerprint density at radius 1 is 0.500 bits per heavy atom. The number of rotatable bonds is 0. The third-order valence-electron chi connectivity index (χ3n) is 0. The van der Waals surface area contributed by atoms with Gasteiger partial charge in [-0.25, -0.2) is 0 Å². The zero-order valence-corrected chi connectivity index (χ0v) is 8.14. The molecular formula is H7AlO6Zn. The Morgan fingerprint density at radius 3 is 0.500 bits per heavy atom. The van der Waals surface area contributed by atoms with Crippen LogP contribution in [0.4, 0.5) is 0 Å². The Morgan fingerprint density at radius 2 is 0.500 bits per heavy atom. The summed E-state index contributed by atoms with van der Waals surface area (Å²) in [7, 11) is 0. The van der Waals surface area contributed by atoms with Crippen LogP contribution in [0.5, 0.6) is 0 Å². The quantitative estimate of drug-likeness (QED) is 0.401. The van der Waals surface area contributed by atoms with Gasteiger partial charge in [0.1, 0.15) is 0 Å². The van der Waals surface area contributed by atoms with E-state index in [0.717, 1.165) is 0 Å². The summed E-state index contributed by atoms with van der Waals surface area (Å²) in [6.45, 7) is 0. The molecule has 0 saturated heterocycles. The second-order valence-corrected chi connectivity index (χ2v) is 0. The van der Waals surface area contributed by atoms with Gasteiger partial charge in [0, 0.05) is 0 Å². The monoisotopic (exact) mass is 194 g/mol. The molecule has 0 amide bonds. The molecule has 8 heavy (non-hydrogen) atoms. The molecule has 0 fully saturated rings. The Labute approximate surface area is 70.0 Å². The first-order valence-corrected chi connectivity index (χ1v) is 0. The van der Waals surface area contributed by atoms with Gasteiger partial charge in [-0.2, -0.15) is 0 Å². The molecule has 0 aromatic rings. The number of hydrogen-bond donors (Lipinski definition) is 0. The third kappa shape index (κ3) is 289. The fourth-order valence-electron chi connectivity index (χ4n) is 0. The van der Waals surface area contributed by atoms with Gasteiger partial charge in [0.05, 0.1) is 0 Å². The summed E-state index contributed by atoms with van der Waals surface area (Å²) in [5, 5.41) is 0. The van der Waals surface area contributed by atoms with E-state index in [9.17, 15) is 0 Å². The largest absolute Gasteiger partial charge is 3.00 e. The van der Waals surface area contributed by atoms with E-state index in [2.05, 4.69) is 0 Å². The molecule has 0 spiro atoms. The summed E-state index contributed by atoms with van der Waals surface area (Å²) in [5.41, 5.74) is 0. The molecule has 0 aromatic heterocycles. The topological polar surface area (TPSA) is 182 Å². The van der Waals surface area contributed by atoms with Crippen molar-refractivity contribution in [2.75, 3.05) is 0 Å². The first-order valence-electron chi connectivity index (χ1n) is 0. The van der Waals surface area contributed by atoms with Gasteiger partial charge in [-0.15, -0.1) is 0 Å². The first-order chi connectivity index (χ1) is 0. The smallest absolute Gasteiger partial charge is 0.870 e. The van der Waals surface area contributed by atoms with E-state index in [1.165, 1.54) is 0 Å². The van der Waals surface area contributed by atoms with Gasteiger partial charge < -0.3 is 32.9 Å². The normalized spacial score (nSPS) is 0. The van der Waals surface area contributed by atoms with Crippen LogP contribution in [0.3, 0.4) is 0 Å². The summed E-state index contributed by atoms with van der Waals surface area (Å²) in [5.74, 6) is 0. The fourth-order valence-corrected chi connectivity index (χ4v) is 0. The molecule has 7 N–H and O–H groups in total. The van der Waals surface area contributed by atoms with Crippen LogP contribution in [0.2, 0.25) is 0 Å². The summed E-state index contributed by atoms with van der Waals surface area (Å²) < 4.78 is 0. The molecule has 48 valence electrons. The van der Waals surface area contributed by atoms with Crippen LogP contribution < -0.4 is 0 Å². The molecule has 0 radical (unpaired) electrons. The van der Waals surface area contributed by atoms with Gasteiger partial charge in [-0.05, 0) is 0 Å². The van der Waals surface area contributed by atoms with Crippen molar-refractivity contribution in [1.82, 2.24) is 0 Å². The standard InChI is InChI=1S/Al.6H2O.Zn/h;6*1H2;/q+3;;;;;;;+2/p-5. The van der Waals surface area contributed by atoms with Crippen LogP contribution in [-0.4, -0.2) is 50.2 Å². The summed E-state index contributed by atoms with van der Waals surface area (Å²) >= 11 is 0. The third-order valence-corrected chi connectivity index (χ3v) is 0. The van der Waals surface area contributed by atoms with Crippen LogP contribution >= 0.6 is 0 Å². The molecule has 0 unspecified atom stereocenters. The predicted octanol–water partition coefficient (Wildman–Crippen LogP) is -2.09. The minimum absolute atomic E-state index is 0.